The number of aryl methyl sites for hydroxylation is 1. The third-order valence-corrected chi connectivity index (χ3v) is 4.77. The number of aliphatic hydroxyl groups excluding tert-OH is 1. The van der Waals surface area contributed by atoms with Crippen molar-refractivity contribution in [2.24, 2.45) is 7.05 Å². The third-order valence-electron chi connectivity index (χ3n) is 4.77. The summed E-state index contributed by atoms with van der Waals surface area (Å²) in [7, 11) is 1.64. The number of aromatic nitrogens is 4. The molecule has 0 fully saturated rings. The minimum Gasteiger partial charge on any atom is -0.394 e. The lowest BCUT2D eigenvalue weighted by molar-refractivity contribution is -0.137. The highest BCUT2D eigenvalue weighted by Gasteiger charge is 2.30. The Hall–Kier alpha value is -3.40. The molecule has 0 unspecified atom stereocenters. The van der Waals surface area contributed by atoms with Crippen LogP contribution in [0.1, 0.15) is 22.8 Å². The number of nitrogens with zero attached hydrogens (tertiary/aromatic N) is 4. The Morgan fingerprint density at radius 1 is 1.17 bits per heavy atom. The Bertz CT molecular complexity index is 1240. The molecule has 1 amide bonds. The fraction of sp³-hybridized carbons (Fsp3) is 0.250. The molecule has 0 aliphatic rings. The second-order valence-electron chi connectivity index (χ2n) is 7.03. The molecule has 156 valence electrons. The molecule has 2 aromatic heterocycles. The van der Waals surface area contributed by atoms with E-state index >= 15 is 0 Å². The molecule has 0 radical (unpaired) electrons. The first-order valence-electron chi connectivity index (χ1n) is 9.14. The number of nitrogens with one attached hydrogen (secondary N) is 1. The first-order chi connectivity index (χ1) is 14.2. The van der Waals surface area contributed by atoms with Crippen molar-refractivity contribution >= 4 is 28.0 Å². The van der Waals surface area contributed by atoms with Crippen LogP contribution in [0.5, 0.6) is 0 Å². The molecule has 4 rings (SSSR count). The third kappa shape index (κ3) is 3.39. The zero-order chi connectivity index (χ0) is 21.6. The van der Waals surface area contributed by atoms with Crippen LogP contribution in [0.15, 0.2) is 42.5 Å². The van der Waals surface area contributed by atoms with Gasteiger partial charge in [0.15, 0.2) is 5.65 Å². The second kappa shape index (κ2) is 7.13. The second-order valence-corrected chi connectivity index (χ2v) is 7.03. The van der Waals surface area contributed by atoms with Crippen molar-refractivity contribution < 1.29 is 23.1 Å². The van der Waals surface area contributed by atoms with E-state index in [0.29, 0.717) is 33.3 Å². The number of amides is 1. The highest BCUT2D eigenvalue weighted by Crippen LogP contribution is 2.33. The fourth-order valence-corrected chi connectivity index (χ4v) is 3.31. The normalized spacial score (nSPS) is 13.1. The Kier molecular flexibility index (Phi) is 4.73. The van der Waals surface area contributed by atoms with Gasteiger partial charge in [-0.05, 0) is 49.4 Å². The molecule has 30 heavy (non-hydrogen) atoms. The zero-order valence-corrected chi connectivity index (χ0v) is 16.1. The van der Waals surface area contributed by atoms with Crippen molar-refractivity contribution in [2.75, 3.05) is 6.61 Å². The van der Waals surface area contributed by atoms with Gasteiger partial charge in [0.25, 0.3) is 5.91 Å². The standard InChI is InChI=1S/C20H18F3N5O2/c1-11(10-29)24-19(30)12-3-8-16-15(9-12)17-18(26-27(2)25-17)28(16)14-6-4-13(5-7-14)20(21,22)23/h3-9,11,29H,10H2,1-2H3,(H,24,30)/t11-/m0/s1. The van der Waals surface area contributed by atoms with Crippen molar-refractivity contribution in [3.8, 4) is 5.69 Å². The van der Waals surface area contributed by atoms with E-state index < -0.39 is 17.8 Å². The van der Waals surface area contributed by atoms with E-state index in [-0.39, 0.29) is 12.5 Å². The van der Waals surface area contributed by atoms with Gasteiger partial charge in [0.05, 0.1) is 17.7 Å². The maximum absolute atomic E-state index is 12.9. The largest absolute Gasteiger partial charge is 0.416 e. The Morgan fingerprint density at radius 3 is 2.50 bits per heavy atom. The molecule has 2 aromatic carbocycles. The highest BCUT2D eigenvalue weighted by atomic mass is 19.4. The van der Waals surface area contributed by atoms with Crippen LogP contribution in [0, 0.1) is 0 Å². The maximum Gasteiger partial charge on any atom is 0.416 e. The van der Waals surface area contributed by atoms with Gasteiger partial charge in [-0.15, -0.1) is 5.10 Å². The molecule has 0 bridgehead atoms. The topological polar surface area (TPSA) is 85.0 Å². The number of rotatable bonds is 4. The van der Waals surface area contributed by atoms with Crippen molar-refractivity contribution in [1.82, 2.24) is 24.9 Å². The van der Waals surface area contributed by atoms with Crippen LogP contribution < -0.4 is 5.32 Å². The van der Waals surface area contributed by atoms with Gasteiger partial charge in [0, 0.05) is 29.7 Å². The number of carbonyl (C=O) groups excluding carboxylic acids is 1. The van der Waals surface area contributed by atoms with Gasteiger partial charge in [0.1, 0.15) is 5.52 Å². The van der Waals surface area contributed by atoms with Gasteiger partial charge in [-0.25, -0.2) is 0 Å². The smallest absolute Gasteiger partial charge is 0.394 e. The number of alkyl halides is 3. The van der Waals surface area contributed by atoms with Gasteiger partial charge in [-0.3, -0.25) is 9.36 Å². The van der Waals surface area contributed by atoms with Crippen LogP contribution in [0.2, 0.25) is 0 Å². The summed E-state index contributed by atoms with van der Waals surface area (Å²) in [6, 6.07) is 9.35. The summed E-state index contributed by atoms with van der Waals surface area (Å²) in [6.45, 7) is 1.49. The lowest BCUT2D eigenvalue weighted by Gasteiger charge is -2.11. The lowest BCUT2D eigenvalue weighted by Crippen LogP contribution is -2.34. The Morgan fingerprint density at radius 2 is 1.87 bits per heavy atom. The summed E-state index contributed by atoms with van der Waals surface area (Å²) in [5.41, 5.74) is 1.78. The van der Waals surface area contributed by atoms with Crippen molar-refractivity contribution in [3.63, 3.8) is 0 Å². The molecule has 0 aliphatic carbocycles. The Labute approximate surface area is 168 Å². The summed E-state index contributed by atoms with van der Waals surface area (Å²) < 4.78 is 40.5. The first kappa shape index (κ1) is 19.9. The average Bonchev–Trinajstić information content (AvgIpc) is 3.21. The van der Waals surface area contributed by atoms with E-state index in [0.717, 1.165) is 12.1 Å². The molecule has 1 atom stereocenters. The summed E-state index contributed by atoms with van der Waals surface area (Å²) in [5, 5.41) is 21.2. The molecule has 0 saturated heterocycles. The van der Waals surface area contributed by atoms with Crippen molar-refractivity contribution in [2.45, 2.75) is 19.1 Å². The number of halogens is 3. The minimum atomic E-state index is -4.42. The lowest BCUT2D eigenvalue weighted by atomic mass is 10.1. The molecule has 2 heterocycles. The number of aliphatic hydroxyl groups is 1. The van der Waals surface area contributed by atoms with Crippen LogP contribution in [0.4, 0.5) is 13.2 Å². The predicted molar refractivity (Wildman–Crippen MR) is 104 cm³/mol. The summed E-state index contributed by atoms with van der Waals surface area (Å²) in [6.07, 6.45) is -4.42. The van der Waals surface area contributed by atoms with Crippen molar-refractivity contribution in [3.05, 3.63) is 53.6 Å². The number of carbonyl (C=O) groups is 1. The van der Waals surface area contributed by atoms with Gasteiger partial charge < -0.3 is 10.4 Å². The van der Waals surface area contributed by atoms with E-state index in [1.165, 1.54) is 16.9 Å². The Balaban J connectivity index is 1.86. The van der Waals surface area contributed by atoms with Gasteiger partial charge >= 0.3 is 6.18 Å². The summed E-state index contributed by atoms with van der Waals surface area (Å²) in [5.74, 6) is -0.349. The molecule has 0 aliphatic heterocycles. The maximum atomic E-state index is 12.9. The van der Waals surface area contributed by atoms with E-state index in [1.807, 2.05) is 0 Å². The number of hydrogen-bond donors (Lipinski definition) is 2. The fourth-order valence-electron chi connectivity index (χ4n) is 3.31. The number of fused-ring (bicyclic) bond motifs is 3. The number of hydrogen-bond acceptors (Lipinski definition) is 4. The zero-order valence-electron chi connectivity index (χ0n) is 16.1. The van der Waals surface area contributed by atoms with E-state index in [9.17, 15) is 18.0 Å². The summed E-state index contributed by atoms with van der Waals surface area (Å²) >= 11 is 0. The van der Waals surface area contributed by atoms with Crippen LogP contribution in [0.3, 0.4) is 0 Å². The van der Waals surface area contributed by atoms with Crippen LogP contribution >= 0.6 is 0 Å². The molecule has 0 spiro atoms. The molecule has 7 nitrogen and oxygen atoms in total. The molecule has 4 aromatic rings. The minimum absolute atomic E-state index is 0.188. The van der Waals surface area contributed by atoms with Gasteiger partial charge in [-0.1, -0.05) is 0 Å². The highest BCUT2D eigenvalue weighted by molar-refractivity contribution is 6.08. The quantitative estimate of drug-likeness (QED) is 0.535. The van der Waals surface area contributed by atoms with Crippen LogP contribution in [-0.4, -0.2) is 43.2 Å². The van der Waals surface area contributed by atoms with Crippen LogP contribution in [0.25, 0.3) is 27.8 Å². The SMILES string of the molecule is C[C@@H](CO)NC(=O)c1ccc2c(c1)c1nn(C)nc1n2-c1ccc(C(F)(F)F)cc1. The monoisotopic (exact) mass is 417 g/mol. The van der Waals surface area contributed by atoms with E-state index in [2.05, 4.69) is 15.5 Å². The summed E-state index contributed by atoms with van der Waals surface area (Å²) in [4.78, 5) is 13.8. The van der Waals surface area contributed by atoms with Crippen LogP contribution in [-0.2, 0) is 13.2 Å². The van der Waals surface area contributed by atoms with E-state index in [4.69, 9.17) is 5.11 Å². The molecular formula is C20H18F3N5O2. The number of benzene rings is 2. The predicted octanol–water partition coefficient (Wildman–Crippen LogP) is 3.04. The van der Waals surface area contributed by atoms with Gasteiger partial charge in [0.2, 0.25) is 0 Å². The van der Waals surface area contributed by atoms with E-state index in [1.54, 1.807) is 36.7 Å². The first-order valence-corrected chi connectivity index (χ1v) is 9.14. The molecule has 2 N–H and O–H groups in total. The van der Waals surface area contributed by atoms with Gasteiger partial charge in [-0.2, -0.15) is 23.1 Å². The van der Waals surface area contributed by atoms with Crippen molar-refractivity contribution in [1.29, 1.82) is 0 Å². The molecule has 10 heteroatoms. The average molecular weight is 417 g/mol. The molecule has 0 saturated carbocycles. The molecular weight excluding hydrogens is 399 g/mol.